The van der Waals surface area contributed by atoms with Gasteiger partial charge in [-0.1, -0.05) is 7.43 Å². The summed E-state index contributed by atoms with van der Waals surface area (Å²) in [5.41, 5.74) is 0. The molecular formula is CH6O3S2. The first-order chi connectivity index (χ1) is 2.00. The van der Waals surface area contributed by atoms with Crippen LogP contribution in [0.4, 0.5) is 0 Å². The van der Waals surface area contributed by atoms with E-state index in [0.29, 0.717) is 0 Å². The molecule has 5 heteroatoms. The Kier molecular flexibility index (Phi) is 3.92. The molecule has 0 bridgehead atoms. The standard InChI is InChI=1S/CH4.H2O3S2/c;1-5(2,3)4/h1H4;(H2,1,2,3,4). The van der Waals surface area contributed by atoms with Gasteiger partial charge in [-0.05, 0) is 0 Å². The minimum atomic E-state index is -3.83. The van der Waals surface area contributed by atoms with Gasteiger partial charge in [-0.15, -0.1) is 0 Å². The average molecular weight is 130 g/mol. The van der Waals surface area contributed by atoms with Gasteiger partial charge in [0.1, 0.15) is 0 Å². The summed E-state index contributed by atoms with van der Waals surface area (Å²) in [6.07, 6.45) is 0. The van der Waals surface area contributed by atoms with Crippen LogP contribution in [-0.4, -0.2) is 13.3 Å². The second-order valence-electron chi connectivity index (χ2n) is 0.448. The number of hydrogen-bond donors (Lipinski definition) is 2. The summed E-state index contributed by atoms with van der Waals surface area (Å²) in [7, 11) is -3.83. The SMILES string of the molecule is C.O=S(O)(O)=S. The van der Waals surface area contributed by atoms with Crippen molar-refractivity contribution >= 4 is 20.2 Å². The molecule has 0 spiro atoms. The maximum atomic E-state index is 9.11. The van der Waals surface area contributed by atoms with Crippen LogP contribution >= 0.6 is 0 Å². The zero-order chi connectivity index (χ0) is 4.50. The molecule has 2 N–H and O–H groups in total. The lowest BCUT2D eigenvalue weighted by Crippen LogP contribution is -1.86. The van der Waals surface area contributed by atoms with Crippen molar-refractivity contribution in [2.45, 2.75) is 7.43 Å². The van der Waals surface area contributed by atoms with E-state index in [1.54, 1.807) is 0 Å². The normalized spacial score (nSPS) is 9.67. The predicted octanol–water partition coefficient (Wildman–Crippen LogP) is 0.315. The van der Waals surface area contributed by atoms with Gasteiger partial charge in [-0.25, -0.2) is 0 Å². The van der Waals surface area contributed by atoms with Crippen molar-refractivity contribution in [3.05, 3.63) is 0 Å². The fourth-order valence-electron chi connectivity index (χ4n) is 0. The van der Waals surface area contributed by atoms with Crippen LogP contribution in [0.5, 0.6) is 0 Å². The second-order valence-corrected chi connectivity index (χ2v) is 2.65. The van der Waals surface area contributed by atoms with Crippen LogP contribution in [0.2, 0.25) is 0 Å². The predicted molar refractivity (Wildman–Crippen MR) is 27.5 cm³/mol. The monoisotopic (exact) mass is 130 g/mol. The Bertz CT molecular complexity index is 92.0. The van der Waals surface area contributed by atoms with Crippen molar-refractivity contribution in [3.63, 3.8) is 0 Å². The first kappa shape index (κ1) is 9.56. The summed E-state index contributed by atoms with van der Waals surface area (Å²) in [6.45, 7) is 0. The lowest BCUT2D eigenvalue weighted by atomic mass is 12.0. The summed E-state index contributed by atoms with van der Waals surface area (Å²) in [6, 6.07) is 0. The van der Waals surface area contributed by atoms with E-state index in [1.807, 2.05) is 0 Å². The molecule has 3 nitrogen and oxygen atoms in total. The van der Waals surface area contributed by atoms with E-state index in [4.69, 9.17) is 13.3 Å². The highest BCUT2D eigenvalue weighted by atomic mass is 32.9. The third-order valence-corrected chi connectivity index (χ3v) is 0. The molecule has 0 aromatic heterocycles. The van der Waals surface area contributed by atoms with Crippen molar-refractivity contribution in [1.29, 1.82) is 0 Å². The molecule has 0 aliphatic carbocycles. The zero-order valence-electron chi connectivity index (χ0n) is 2.12. The van der Waals surface area contributed by atoms with E-state index < -0.39 is 9.05 Å². The second kappa shape index (κ2) is 2.46. The first-order valence-corrected chi connectivity index (χ1v) is 3.10. The highest BCUT2D eigenvalue weighted by Gasteiger charge is 1.78. The minimum absolute atomic E-state index is 0. The largest absolute Gasteiger partial charge is 0.285 e. The third kappa shape index (κ3) is 552. The van der Waals surface area contributed by atoms with Gasteiger partial charge in [0.15, 0.2) is 0 Å². The van der Waals surface area contributed by atoms with Gasteiger partial charge in [-0.2, -0.15) is 4.21 Å². The van der Waals surface area contributed by atoms with Crippen LogP contribution in [-0.2, 0) is 20.2 Å². The molecule has 0 aromatic carbocycles. The lowest BCUT2D eigenvalue weighted by molar-refractivity contribution is 0.450. The zero-order valence-corrected chi connectivity index (χ0v) is 3.75. The van der Waals surface area contributed by atoms with Crippen LogP contribution in [0.3, 0.4) is 0 Å². The van der Waals surface area contributed by atoms with E-state index >= 15 is 0 Å². The van der Waals surface area contributed by atoms with Gasteiger partial charge in [0.25, 0.3) is 9.05 Å². The summed E-state index contributed by atoms with van der Waals surface area (Å²) in [5.74, 6) is 0. The minimum Gasteiger partial charge on any atom is -0.285 e. The first-order valence-electron chi connectivity index (χ1n) is 0.698. The molecule has 0 heterocycles. The molecule has 0 amide bonds. The molecule has 0 aliphatic heterocycles. The number of hydrogen-bond acceptors (Lipinski definition) is 2. The average Bonchev–Trinajstić information content (AvgIpc) is 0.722. The fraction of sp³-hybridized carbons (Fsp3) is 1.00. The molecule has 0 aromatic rings. The van der Waals surface area contributed by atoms with E-state index in [9.17, 15) is 0 Å². The van der Waals surface area contributed by atoms with Crippen LogP contribution in [0, 0.1) is 0 Å². The maximum Gasteiger partial charge on any atom is 0.263 e. The van der Waals surface area contributed by atoms with Gasteiger partial charge in [0, 0.05) is 11.2 Å². The van der Waals surface area contributed by atoms with E-state index in [-0.39, 0.29) is 7.43 Å². The van der Waals surface area contributed by atoms with Crippen LogP contribution in [0.15, 0.2) is 0 Å². The highest BCUT2D eigenvalue weighted by molar-refractivity contribution is 8.26. The highest BCUT2D eigenvalue weighted by Crippen LogP contribution is 1.62. The van der Waals surface area contributed by atoms with Crippen molar-refractivity contribution in [1.82, 2.24) is 0 Å². The van der Waals surface area contributed by atoms with E-state index in [1.165, 1.54) is 0 Å². The summed E-state index contributed by atoms with van der Waals surface area (Å²) in [4.78, 5) is 0. The Labute approximate surface area is 41.7 Å². The van der Waals surface area contributed by atoms with E-state index in [2.05, 4.69) is 11.2 Å². The molecule has 0 saturated carbocycles. The van der Waals surface area contributed by atoms with E-state index in [0.717, 1.165) is 0 Å². The molecule has 0 unspecified atom stereocenters. The van der Waals surface area contributed by atoms with Crippen molar-refractivity contribution < 1.29 is 13.3 Å². The maximum absolute atomic E-state index is 9.11. The molecule has 0 radical (unpaired) electrons. The topological polar surface area (TPSA) is 57.5 Å². The number of rotatable bonds is 0. The molecule has 0 saturated heterocycles. The van der Waals surface area contributed by atoms with Crippen molar-refractivity contribution in [2.75, 3.05) is 0 Å². The quantitative estimate of drug-likeness (QED) is 0.495. The van der Waals surface area contributed by atoms with Crippen LogP contribution < -0.4 is 0 Å². The Morgan fingerprint density at radius 2 is 1.50 bits per heavy atom. The smallest absolute Gasteiger partial charge is 0.263 e. The molecule has 0 atom stereocenters. The molecule has 6 heavy (non-hydrogen) atoms. The fourth-order valence-corrected chi connectivity index (χ4v) is 0. The van der Waals surface area contributed by atoms with Crippen molar-refractivity contribution in [2.24, 2.45) is 0 Å². The van der Waals surface area contributed by atoms with Gasteiger partial charge >= 0.3 is 0 Å². The van der Waals surface area contributed by atoms with Crippen LogP contribution in [0.1, 0.15) is 7.43 Å². The molecular weight excluding hydrogens is 124 g/mol. The lowest BCUT2D eigenvalue weighted by Gasteiger charge is -1.73. The molecule has 0 aliphatic rings. The van der Waals surface area contributed by atoms with Gasteiger partial charge in [0.05, 0.1) is 0 Å². The summed E-state index contributed by atoms with van der Waals surface area (Å²) >= 11 is 3.47. The van der Waals surface area contributed by atoms with Gasteiger partial charge in [-0.3, -0.25) is 9.11 Å². The third-order valence-electron chi connectivity index (χ3n) is 0. The summed E-state index contributed by atoms with van der Waals surface area (Å²) in [5, 5.41) is 0. The summed E-state index contributed by atoms with van der Waals surface area (Å²) < 4.78 is 24.0. The van der Waals surface area contributed by atoms with Crippen LogP contribution in [0.25, 0.3) is 0 Å². The van der Waals surface area contributed by atoms with Gasteiger partial charge in [0.2, 0.25) is 0 Å². The van der Waals surface area contributed by atoms with Gasteiger partial charge < -0.3 is 0 Å². The Morgan fingerprint density at radius 3 is 1.50 bits per heavy atom. The molecule has 0 fully saturated rings. The Balaban J connectivity index is 0. The molecule has 0 rings (SSSR count). The molecule has 40 valence electrons. The Hall–Kier alpha value is 0.290. The van der Waals surface area contributed by atoms with Crippen molar-refractivity contribution in [3.8, 4) is 0 Å². The Morgan fingerprint density at radius 1 is 1.50 bits per heavy atom.